The van der Waals surface area contributed by atoms with Crippen LogP contribution in [-0.2, 0) is 0 Å². The molecule has 0 amide bonds. The Hall–Kier alpha value is 0.270. The molecule has 84 valence electrons. The summed E-state index contributed by atoms with van der Waals surface area (Å²) < 4.78 is 0. The fourth-order valence-corrected chi connectivity index (χ4v) is 2.69. The highest BCUT2D eigenvalue weighted by molar-refractivity contribution is 7.99. The van der Waals surface area contributed by atoms with E-state index in [1.165, 1.54) is 18.8 Å². The Bertz CT molecular complexity index is 177. The maximum absolute atomic E-state index is 6.18. The minimum absolute atomic E-state index is 0.230. The molecular formula is C11H24N2S. The van der Waals surface area contributed by atoms with Crippen LogP contribution in [0.5, 0.6) is 0 Å². The van der Waals surface area contributed by atoms with Crippen molar-refractivity contribution in [1.82, 2.24) is 4.90 Å². The Kier molecular flexibility index (Phi) is 4.29. The lowest BCUT2D eigenvalue weighted by Crippen LogP contribution is -2.48. The van der Waals surface area contributed by atoms with E-state index in [-0.39, 0.29) is 11.5 Å². The first-order chi connectivity index (χ1) is 6.39. The van der Waals surface area contributed by atoms with Gasteiger partial charge in [-0.25, -0.2) is 0 Å². The van der Waals surface area contributed by atoms with Crippen LogP contribution in [-0.4, -0.2) is 41.6 Å². The van der Waals surface area contributed by atoms with Crippen LogP contribution in [0.25, 0.3) is 0 Å². The molecule has 0 radical (unpaired) electrons. The van der Waals surface area contributed by atoms with Crippen molar-refractivity contribution in [3.05, 3.63) is 0 Å². The molecule has 1 fully saturated rings. The van der Waals surface area contributed by atoms with Crippen LogP contribution >= 0.6 is 11.8 Å². The van der Waals surface area contributed by atoms with E-state index in [0.717, 1.165) is 11.8 Å². The van der Waals surface area contributed by atoms with Gasteiger partial charge in [0.05, 0.1) is 0 Å². The smallest absolute Gasteiger partial charge is 0.0217 e. The first kappa shape index (κ1) is 12.3. The number of rotatable bonds is 2. The summed E-state index contributed by atoms with van der Waals surface area (Å²) in [6, 6.07) is 0.290. The quantitative estimate of drug-likeness (QED) is 0.763. The lowest BCUT2D eigenvalue weighted by atomic mass is 9.87. The SMILES string of the molecule is CC1CN(CC(N)C(C)(C)C)CCS1. The predicted molar refractivity (Wildman–Crippen MR) is 65.8 cm³/mol. The zero-order chi connectivity index (χ0) is 10.8. The predicted octanol–water partition coefficient (Wildman–Crippen LogP) is 1.80. The normalized spacial score (nSPS) is 27.6. The van der Waals surface area contributed by atoms with Gasteiger partial charge in [0.2, 0.25) is 0 Å². The molecule has 1 saturated heterocycles. The molecule has 2 nitrogen and oxygen atoms in total. The summed E-state index contributed by atoms with van der Waals surface area (Å²) in [6.45, 7) is 12.4. The third-order valence-corrected chi connectivity index (χ3v) is 4.03. The van der Waals surface area contributed by atoms with E-state index in [2.05, 4.69) is 44.4 Å². The van der Waals surface area contributed by atoms with E-state index in [4.69, 9.17) is 5.73 Å². The molecule has 1 aliphatic rings. The summed E-state index contributed by atoms with van der Waals surface area (Å²) in [5.74, 6) is 1.26. The molecule has 0 aromatic heterocycles. The summed E-state index contributed by atoms with van der Waals surface area (Å²) in [5, 5.41) is 0.774. The average Bonchev–Trinajstić information content (AvgIpc) is 2.02. The molecule has 2 atom stereocenters. The second kappa shape index (κ2) is 4.86. The molecular weight excluding hydrogens is 192 g/mol. The Morgan fingerprint density at radius 1 is 1.50 bits per heavy atom. The first-order valence-electron chi connectivity index (χ1n) is 5.49. The molecule has 0 aromatic rings. The minimum atomic E-state index is 0.230. The summed E-state index contributed by atoms with van der Waals surface area (Å²) >= 11 is 2.07. The Balaban J connectivity index is 2.36. The van der Waals surface area contributed by atoms with Crippen molar-refractivity contribution in [1.29, 1.82) is 0 Å². The number of thioether (sulfide) groups is 1. The van der Waals surface area contributed by atoms with Crippen LogP contribution in [0, 0.1) is 5.41 Å². The summed E-state index contributed by atoms with van der Waals surface area (Å²) in [6.07, 6.45) is 0. The van der Waals surface area contributed by atoms with E-state index >= 15 is 0 Å². The van der Waals surface area contributed by atoms with Gasteiger partial charge < -0.3 is 5.73 Å². The summed E-state index contributed by atoms with van der Waals surface area (Å²) in [7, 11) is 0. The number of nitrogens with zero attached hydrogens (tertiary/aromatic N) is 1. The molecule has 0 bridgehead atoms. The third-order valence-electron chi connectivity index (χ3n) is 2.89. The van der Waals surface area contributed by atoms with Gasteiger partial charge in [0, 0.05) is 36.7 Å². The summed E-state index contributed by atoms with van der Waals surface area (Å²) in [4.78, 5) is 2.51. The van der Waals surface area contributed by atoms with Crippen molar-refractivity contribution in [3.63, 3.8) is 0 Å². The maximum Gasteiger partial charge on any atom is 0.0217 e. The van der Waals surface area contributed by atoms with Gasteiger partial charge in [-0.3, -0.25) is 4.90 Å². The zero-order valence-corrected chi connectivity index (χ0v) is 10.7. The van der Waals surface area contributed by atoms with E-state index in [9.17, 15) is 0 Å². The van der Waals surface area contributed by atoms with Crippen molar-refractivity contribution in [2.45, 2.75) is 39.0 Å². The van der Waals surface area contributed by atoms with Crippen LogP contribution in [0.3, 0.4) is 0 Å². The van der Waals surface area contributed by atoms with Crippen molar-refractivity contribution in [2.24, 2.45) is 11.1 Å². The molecule has 0 aromatic carbocycles. The molecule has 1 aliphatic heterocycles. The number of nitrogens with two attached hydrogens (primary N) is 1. The molecule has 0 saturated carbocycles. The van der Waals surface area contributed by atoms with Gasteiger partial charge in [0.15, 0.2) is 0 Å². The van der Waals surface area contributed by atoms with Gasteiger partial charge in [-0.1, -0.05) is 27.7 Å². The zero-order valence-electron chi connectivity index (χ0n) is 9.92. The largest absolute Gasteiger partial charge is 0.326 e. The second-order valence-electron chi connectivity index (χ2n) is 5.41. The first-order valence-corrected chi connectivity index (χ1v) is 6.54. The van der Waals surface area contributed by atoms with Crippen molar-refractivity contribution >= 4 is 11.8 Å². The summed E-state index contributed by atoms with van der Waals surface area (Å²) in [5.41, 5.74) is 6.41. The van der Waals surface area contributed by atoms with E-state index in [0.29, 0.717) is 0 Å². The van der Waals surface area contributed by atoms with Gasteiger partial charge >= 0.3 is 0 Å². The molecule has 14 heavy (non-hydrogen) atoms. The fraction of sp³-hybridized carbons (Fsp3) is 1.00. The lowest BCUT2D eigenvalue weighted by molar-refractivity contribution is 0.205. The van der Waals surface area contributed by atoms with Crippen molar-refractivity contribution in [2.75, 3.05) is 25.4 Å². The van der Waals surface area contributed by atoms with E-state index in [1.54, 1.807) is 0 Å². The molecule has 2 N–H and O–H groups in total. The van der Waals surface area contributed by atoms with Crippen LogP contribution in [0.2, 0.25) is 0 Å². The highest BCUT2D eigenvalue weighted by Gasteiger charge is 2.25. The fourth-order valence-electron chi connectivity index (χ4n) is 1.61. The van der Waals surface area contributed by atoms with Crippen LogP contribution in [0.1, 0.15) is 27.7 Å². The molecule has 0 aliphatic carbocycles. The van der Waals surface area contributed by atoms with Crippen LogP contribution in [0.4, 0.5) is 0 Å². The van der Waals surface area contributed by atoms with Crippen LogP contribution < -0.4 is 5.73 Å². The molecule has 2 unspecified atom stereocenters. The lowest BCUT2D eigenvalue weighted by Gasteiger charge is -2.36. The maximum atomic E-state index is 6.18. The van der Waals surface area contributed by atoms with Crippen molar-refractivity contribution < 1.29 is 0 Å². The molecule has 0 spiro atoms. The number of hydrogen-bond donors (Lipinski definition) is 1. The standard InChI is InChI=1S/C11H24N2S/c1-9-7-13(5-6-14-9)8-10(12)11(2,3)4/h9-10H,5-8,12H2,1-4H3. The van der Waals surface area contributed by atoms with Crippen molar-refractivity contribution in [3.8, 4) is 0 Å². The monoisotopic (exact) mass is 216 g/mol. The Morgan fingerprint density at radius 2 is 2.14 bits per heavy atom. The highest BCUT2D eigenvalue weighted by atomic mass is 32.2. The average molecular weight is 216 g/mol. The third kappa shape index (κ3) is 3.79. The number of hydrogen-bond acceptors (Lipinski definition) is 3. The van der Waals surface area contributed by atoms with Gasteiger partial charge in [-0.15, -0.1) is 0 Å². The molecule has 1 heterocycles. The van der Waals surface area contributed by atoms with Gasteiger partial charge in [0.1, 0.15) is 0 Å². The van der Waals surface area contributed by atoms with E-state index in [1.807, 2.05) is 0 Å². The topological polar surface area (TPSA) is 29.3 Å². The highest BCUT2D eigenvalue weighted by Crippen LogP contribution is 2.22. The van der Waals surface area contributed by atoms with Crippen LogP contribution in [0.15, 0.2) is 0 Å². The molecule has 1 rings (SSSR count). The molecule has 3 heteroatoms. The van der Waals surface area contributed by atoms with E-state index < -0.39 is 0 Å². The van der Waals surface area contributed by atoms with Gasteiger partial charge in [-0.2, -0.15) is 11.8 Å². The Labute approximate surface area is 92.6 Å². The second-order valence-corrected chi connectivity index (χ2v) is 6.96. The Morgan fingerprint density at radius 3 is 2.64 bits per heavy atom. The van der Waals surface area contributed by atoms with Gasteiger partial charge in [0.25, 0.3) is 0 Å². The minimum Gasteiger partial charge on any atom is -0.326 e. The van der Waals surface area contributed by atoms with Gasteiger partial charge in [-0.05, 0) is 5.41 Å².